The van der Waals surface area contributed by atoms with Gasteiger partial charge >= 0.3 is 0 Å². The van der Waals surface area contributed by atoms with E-state index < -0.39 is 17.7 Å². The van der Waals surface area contributed by atoms with Gasteiger partial charge in [0, 0.05) is 44.5 Å². The lowest BCUT2D eigenvalue weighted by molar-refractivity contribution is -0.0799. The molecule has 2 aliphatic rings. The highest BCUT2D eigenvalue weighted by molar-refractivity contribution is 5.85. The van der Waals surface area contributed by atoms with Crippen LogP contribution in [0.2, 0.25) is 0 Å². The zero-order valence-corrected chi connectivity index (χ0v) is 21.0. The third kappa shape index (κ3) is 5.29. The molecular weight excluding hydrogens is 495 g/mol. The number of fused-ring (bicyclic) bond motifs is 2. The molecule has 0 amide bonds. The highest BCUT2D eigenvalue weighted by Crippen LogP contribution is 2.43. The van der Waals surface area contributed by atoms with E-state index in [1.54, 1.807) is 17.7 Å². The molecule has 1 aromatic heterocycles. The molecule has 2 aromatic carbocycles. The standard InChI is InChI=1S/C26H27F2N3O2.2ClH/c1-30-15-20-16-33-26(21(20)13-24(30)32)8-10-31(11-9-26)14-17-2-4-18(5-3-17)25(29)19-6-7-22(27)23(28)12-19;;/h2-7,12-13,15,25H,8-11,14,16,29H2,1H3;2*1H. The fourth-order valence-electron chi connectivity index (χ4n) is 4.99. The van der Waals surface area contributed by atoms with Crippen LogP contribution in [0.1, 0.15) is 46.7 Å². The Balaban J connectivity index is 0.00000171. The van der Waals surface area contributed by atoms with E-state index in [0.29, 0.717) is 12.2 Å². The first-order chi connectivity index (χ1) is 15.8. The van der Waals surface area contributed by atoms with Crippen LogP contribution in [0.15, 0.2) is 59.5 Å². The maximum Gasteiger partial charge on any atom is 0.250 e. The molecule has 1 fully saturated rings. The molecule has 1 saturated heterocycles. The quantitative estimate of drug-likeness (QED) is 0.543. The van der Waals surface area contributed by atoms with Gasteiger partial charge in [0.25, 0.3) is 5.56 Å². The van der Waals surface area contributed by atoms with E-state index in [2.05, 4.69) is 4.90 Å². The first-order valence-corrected chi connectivity index (χ1v) is 11.2. The summed E-state index contributed by atoms with van der Waals surface area (Å²) in [5, 5.41) is 0. The van der Waals surface area contributed by atoms with Gasteiger partial charge < -0.3 is 15.0 Å². The normalized spacial score (nSPS) is 17.4. The maximum absolute atomic E-state index is 13.5. The monoisotopic (exact) mass is 523 g/mol. The van der Waals surface area contributed by atoms with Crippen molar-refractivity contribution in [2.45, 2.75) is 37.6 Å². The predicted octanol–water partition coefficient (Wildman–Crippen LogP) is 4.58. The van der Waals surface area contributed by atoms with Gasteiger partial charge in [0.1, 0.15) is 0 Å². The van der Waals surface area contributed by atoms with Gasteiger partial charge in [-0.2, -0.15) is 0 Å². The van der Waals surface area contributed by atoms with Crippen LogP contribution >= 0.6 is 24.8 Å². The summed E-state index contributed by atoms with van der Waals surface area (Å²) in [5.74, 6) is -1.77. The van der Waals surface area contributed by atoms with Crippen molar-refractivity contribution < 1.29 is 13.5 Å². The number of aromatic nitrogens is 1. The smallest absolute Gasteiger partial charge is 0.250 e. The first-order valence-electron chi connectivity index (χ1n) is 11.2. The second-order valence-corrected chi connectivity index (χ2v) is 9.11. The van der Waals surface area contributed by atoms with Crippen LogP contribution in [-0.2, 0) is 30.5 Å². The number of nitrogens with zero attached hydrogens (tertiary/aromatic N) is 2. The molecule has 2 aliphatic heterocycles. The van der Waals surface area contributed by atoms with Crippen LogP contribution in [-0.4, -0.2) is 22.6 Å². The molecule has 5 rings (SSSR count). The minimum atomic E-state index is -0.892. The van der Waals surface area contributed by atoms with Gasteiger partial charge in [-0.1, -0.05) is 30.3 Å². The number of likely N-dealkylation sites (tertiary alicyclic amines) is 1. The van der Waals surface area contributed by atoms with E-state index in [9.17, 15) is 13.6 Å². The van der Waals surface area contributed by atoms with E-state index >= 15 is 0 Å². The summed E-state index contributed by atoms with van der Waals surface area (Å²) in [5.41, 5.74) is 10.6. The van der Waals surface area contributed by atoms with Crippen LogP contribution < -0.4 is 11.3 Å². The number of halogens is 4. The zero-order valence-electron chi connectivity index (χ0n) is 19.4. The Labute approximate surface area is 215 Å². The largest absolute Gasteiger partial charge is 0.365 e. The van der Waals surface area contributed by atoms with Crippen molar-refractivity contribution in [3.8, 4) is 0 Å². The van der Waals surface area contributed by atoms with Crippen molar-refractivity contribution in [2.75, 3.05) is 13.1 Å². The predicted molar refractivity (Wildman–Crippen MR) is 136 cm³/mol. The van der Waals surface area contributed by atoms with E-state index in [0.717, 1.165) is 66.9 Å². The molecule has 1 spiro atoms. The van der Waals surface area contributed by atoms with Crippen molar-refractivity contribution in [3.63, 3.8) is 0 Å². The lowest BCUT2D eigenvalue weighted by atomic mass is 9.84. The Bertz CT molecular complexity index is 1240. The lowest BCUT2D eigenvalue weighted by Crippen LogP contribution is -2.42. The Hall–Kier alpha value is -2.29. The number of nitrogens with two attached hydrogens (primary N) is 1. The van der Waals surface area contributed by atoms with Gasteiger partial charge in [-0.3, -0.25) is 9.69 Å². The van der Waals surface area contributed by atoms with Gasteiger partial charge in [-0.05, 0) is 47.2 Å². The number of rotatable bonds is 4. The van der Waals surface area contributed by atoms with E-state index in [-0.39, 0.29) is 36.0 Å². The third-order valence-corrected chi connectivity index (χ3v) is 7.02. The average Bonchev–Trinajstić information content (AvgIpc) is 3.14. The van der Waals surface area contributed by atoms with Crippen LogP contribution in [0.3, 0.4) is 0 Å². The van der Waals surface area contributed by atoms with Crippen LogP contribution in [0.5, 0.6) is 0 Å². The minimum Gasteiger partial charge on any atom is -0.365 e. The Morgan fingerprint density at radius 3 is 2.31 bits per heavy atom. The fourth-order valence-corrected chi connectivity index (χ4v) is 4.99. The summed E-state index contributed by atoms with van der Waals surface area (Å²) >= 11 is 0. The summed E-state index contributed by atoms with van der Waals surface area (Å²) in [6, 6.07) is 12.9. The Morgan fingerprint density at radius 1 is 1.00 bits per heavy atom. The number of aryl methyl sites for hydroxylation is 1. The van der Waals surface area contributed by atoms with Crippen LogP contribution in [0, 0.1) is 11.6 Å². The van der Waals surface area contributed by atoms with Gasteiger partial charge in [-0.25, -0.2) is 8.78 Å². The SMILES string of the molecule is Cl.Cl.Cn1cc2c(cc1=O)C1(CCN(Cc3ccc(C(N)c4ccc(F)c(F)c4)cc3)CC1)OC2. The molecule has 1 atom stereocenters. The number of hydrogen-bond donors (Lipinski definition) is 1. The van der Waals surface area contributed by atoms with E-state index in [1.165, 1.54) is 6.07 Å². The number of benzene rings is 2. The van der Waals surface area contributed by atoms with Gasteiger partial charge in [-0.15, -0.1) is 24.8 Å². The summed E-state index contributed by atoms with van der Waals surface area (Å²) < 4.78 is 34.6. The number of ether oxygens (including phenoxy) is 1. The first kappa shape index (κ1) is 27.3. The van der Waals surface area contributed by atoms with Crippen molar-refractivity contribution >= 4 is 24.8 Å². The molecular formula is C26H29Cl2F2N3O2. The molecule has 1 unspecified atom stereocenters. The van der Waals surface area contributed by atoms with Crippen molar-refractivity contribution in [3.05, 3.63) is 105 Å². The fraction of sp³-hybridized carbons (Fsp3) is 0.346. The molecule has 9 heteroatoms. The molecule has 3 aromatic rings. The molecule has 0 saturated carbocycles. The van der Waals surface area contributed by atoms with Crippen molar-refractivity contribution in [1.82, 2.24) is 9.47 Å². The van der Waals surface area contributed by atoms with Crippen LogP contribution in [0.25, 0.3) is 0 Å². The maximum atomic E-state index is 13.5. The second kappa shape index (κ2) is 10.8. The topological polar surface area (TPSA) is 60.5 Å². The third-order valence-electron chi connectivity index (χ3n) is 7.02. The Kier molecular flexibility index (Phi) is 8.40. The number of pyridine rings is 1. The molecule has 3 heterocycles. The van der Waals surface area contributed by atoms with E-state index in [4.69, 9.17) is 10.5 Å². The van der Waals surface area contributed by atoms with Gasteiger partial charge in [0.05, 0.1) is 18.2 Å². The molecule has 2 N–H and O–H groups in total. The summed E-state index contributed by atoms with van der Waals surface area (Å²) in [6.07, 6.45) is 3.60. The molecule has 35 heavy (non-hydrogen) atoms. The summed E-state index contributed by atoms with van der Waals surface area (Å²) in [4.78, 5) is 14.5. The average molecular weight is 524 g/mol. The molecule has 5 nitrogen and oxygen atoms in total. The minimum absolute atomic E-state index is 0. The molecule has 0 bridgehead atoms. The molecule has 0 aliphatic carbocycles. The van der Waals surface area contributed by atoms with Crippen LogP contribution in [0.4, 0.5) is 8.78 Å². The Morgan fingerprint density at radius 2 is 1.66 bits per heavy atom. The van der Waals surface area contributed by atoms with Gasteiger partial charge in [0.15, 0.2) is 11.6 Å². The zero-order chi connectivity index (χ0) is 23.2. The van der Waals surface area contributed by atoms with Gasteiger partial charge in [0.2, 0.25) is 0 Å². The highest BCUT2D eigenvalue weighted by Gasteiger charge is 2.43. The summed E-state index contributed by atoms with van der Waals surface area (Å²) in [6.45, 7) is 3.12. The molecule has 0 radical (unpaired) electrons. The number of hydrogen-bond acceptors (Lipinski definition) is 4. The lowest BCUT2D eigenvalue weighted by Gasteiger charge is -2.39. The van der Waals surface area contributed by atoms with Crippen molar-refractivity contribution in [2.24, 2.45) is 12.8 Å². The summed E-state index contributed by atoms with van der Waals surface area (Å²) in [7, 11) is 1.77. The second-order valence-electron chi connectivity index (χ2n) is 9.11. The van der Waals surface area contributed by atoms with E-state index in [1.807, 2.05) is 30.5 Å². The number of piperidine rings is 1. The van der Waals surface area contributed by atoms with Crippen molar-refractivity contribution in [1.29, 1.82) is 0 Å². The highest BCUT2D eigenvalue weighted by atomic mass is 35.5. The molecule has 188 valence electrons.